The van der Waals surface area contributed by atoms with E-state index in [2.05, 4.69) is 10.1 Å². The second kappa shape index (κ2) is 4.25. The maximum absolute atomic E-state index is 11.2. The zero-order valence-corrected chi connectivity index (χ0v) is 9.60. The van der Waals surface area contributed by atoms with Crippen molar-refractivity contribution in [2.24, 2.45) is 12.2 Å². The van der Waals surface area contributed by atoms with Crippen LogP contribution in [0.25, 0.3) is 0 Å². The summed E-state index contributed by atoms with van der Waals surface area (Å²) in [7, 11) is -0.602. The highest BCUT2D eigenvalue weighted by Crippen LogP contribution is 2.21. The minimum absolute atomic E-state index is 0.430. The average Bonchev–Trinajstić information content (AvgIpc) is 2.52. The van der Waals surface area contributed by atoms with Crippen molar-refractivity contribution in [3.63, 3.8) is 0 Å². The van der Waals surface area contributed by atoms with Crippen molar-refractivity contribution in [2.45, 2.75) is 18.3 Å². The molecule has 1 heterocycles. The number of aryl methyl sites for hydroxylation is 1. The fourth-order valence-corrected chi connectivity index (χ4v) is 1.82. The van der Waals surface area contributed by atoms with Crippen molar-refractivity contribution < 1.29 is 13.2 Å². The number of methoxy groups -OCH3 is 1. The lowest BCUT2D eigenvalue weighted by Gasteiger charge is -2.19. The van der Waals surface area contributed by atoms with Crippen molar-refractivity contribution in [2.75, 3.05) is 7.11 Å². The average molecular weight is 234 g/mol. The van der Waals surface area contributed by atoms with Crippen LogP contribution in [0.5, 0.6) is 0 Å². The molecule has 8 heteroatoms. The number of ether oxygens (including phenoxy) is 1. The van der Waals surface area contributed by atoms with E-state index in [9.17, 15) is 8.42 Å². The number of hydrogen-bond donors (Lipinski definition) is 1. The summed E-state index contributed by atoms with van der Waals surface area (Å²) >= 11 is 0. The molecule has 86 valence electrons. The number of primary sulfonamides is 1. The SMILES string of the molecule is CO[C@H](c1ncnn1C)[C@H](C)S(N)(=O)=O. The van der Waals surface area contributed by atoms with Crippen LogP contribution in [0.15, 0.2) is 6.33 Å². The number of nitrogens with zero attached hydrogens (tertiary/aromatic N) is 3. The Morgan fingerprint density at radius 1 is 1.60 bits per heavy atom. The van der Waals surface area contributed by atoms with Crippen molar-refractivity contribution in [1.29, 1.82) is 0 Å². The van der Waals surface area contributed by atoms with E-state index < -0.39 is 21.4 Å². The lowest BCUT2D eigenvalue weighted by Crippen LogP contribution is -2.33. The molecule has 2 N–H and O–H groups in total. The molecular weight excluding hydrogens is 220 g/mol. The van der Waals surface area contributed by atoms with Gasteiger partial charge in [0.25, 0.3) is 0 Å². The summed E-state index contributed by atoms with van der Waals surface area (Å²) in [6, 6.07) is 0. The highest BCUT2D eigenvalue weighted by atomic mass is 32.2. The Morgan fingerprint density at radius 3 is 2.53 bits per heavy atom. The van der Waals surface area contributed by atoms with E-state index in [1.54, 1.807) is 7.05 Å². The number of sulfonamides is 1. The highest BCUT2D eigenvalue weighted by molar-refractivity contribution is 7.89. The van der Waals surface area contributed by atoms with Gasteiger partial charge in [-0.05, 0) is 6.92 Å². The first kappa shape index (κ1) is 12.1. The van der Waals surface area contributed by atoms with Crippen LogP contribution < -0.4 is 5.14 Å². The lowest BCUT2D eigenvalue weighted by atomic mass is 10.2. The molecule has 0 aliphatic heterocycles. The van der Waals surface area contributed by atoms with Crippen molar-refractivity contribution in [1.82, 2.24) is 14.8 Å². The molecule has 1 aromatic rings. The summed E-state index contributed by atoms with van der Waals surface area (Å²) in [5.74, 6) is 0.430. The molecule has 0 unspecified atom stereocenters. The molecule has 0 aromatic carbocycles. The van der Waals surface area contributed by atoms with Gasteiger partial charge in [0.15, 0.2) is 5.82 Å². The van der Waals surface area contributed by atoms with E-state index >= 15 is 0 Å². The van der Waals surface area contributed by atoms with E-state index in [-0.39, 0.29) is 0 Å². The first-order chi connectivity index (χ1) is 6.88. The van der Waals surface area contributed by atoms with Gasteiger partial charge in [0, 0.05) is 14.2 Å². The van der Waals surface area contributed by atoms with Crippen LogP contribution in [0.2, 0.25) is 0 Å². The van der Waals surface area contributed by atoms with Gasteiger partial charge in [-0.15, -0.1) is 0 Å². The molecule has 1 rings (SSSR count). The molecule has 0 saturated carbocycles. The molecule has 0 bridgehead atoms. The van der Waals surface area contributed by atoms with E-state index in [4.69, 9.17) is 9.88 Å². The molecule has 0 spiro atoms. The van der Waals surface area contributed by atoms with Crippen LogP contribution in [0.1, 0.15) is 18.9 Å². The standard InChI is InChI=1S/C7H14N4O3S/c1-5(15(8,12)13)6(14-3)7-9-4-10-11(7)2/h4-6H,1-3H3,(H2,8,12,13)/t5-,6-/m0/s1. The molecule has 7 nitrogen and oxygen atoms in total. The van der Waals surface area contributed by atoms with Crippen LogP contribution in [-0.4, -0.2) is 35.5 Å². The second-order valence-electron chi connectivity index (χ2n) is 3.19. The van der Waals surface area contributed by atoms with Gasteiger partial charge in [-0.3, -0.25) is 4.68 Å². The third kappa shape index (κ3) is 2.52. The highest BCUT2D eigenvalue weighted by Gasteiger charge is 2.30. The molecule has 0 aliphatic carbocycles. The number of aromatic nitrogens is 3. The number of rotatable bonds is 4. The summed E-state index contributed by atoms with van der Waals surface area (Å²) in [5, 5.41) is 8.02. The Labute approximate surface area is 88.3 Å². The maximum Gasteiger partial charge on any atom is 0.214 e. The summed E-state index contributed by atoms with van der Waals surface area (Å²) in [4.78, 5) is 3.93. The monoisotopic (exact) mass is 234 g/mol. The Hall–Kier alpha value is -0.990. The van der Waals surface area contributed by atoms with Crippen LogP contribution in [0.3, 0.4) is 0 Å². The van der Waals surface area contributed by atoms with Crippen LogP contribution in [-0.2, 0) is 21.8 Å². The predicted octanol–water partition coefficient (Wildman–Crippen LogP) is -0.820. The van der Waals surface area contributed by atoms with Gasteiger partial charge in [-0.2, -0.15) is 5.10 Å². The lowest BCUT2D eigenvalue weighted by molar-refractivity contribution is 0.0917. The van der Waals surface area contributed by atoms with Gasteiger partial charge >= 0.3 is 0 Å². The maximum atomic E-state index is 11.2. The molecule has 0 fully saturated rings. The summed E-state index contributed by atoms with van der Waals surface area (Å²) in [5.41, 5.74) is 0. The van der Waals surface area contributed by atoms with Gasteiger partial charge < -0.3 is 4.74 Å². The van der Waals surface area contributed by atoms with E-state index in [0.29, 0.717) is 5.82 Å². The largest absolute Gasteiger partial charge is 0.372 e. The van der Waals surface area contributed by atoms with Gasteiger partial charge in [0.05, 0.1) is 0 Å². The number of nitrogens with two attached hydrogens (primary N) is 1. The Balaban J connectivity index is 3.06. The van der Waals surface area contributed by atoms with Gasteiger partial charge in [-0.25, -0.2) is 18.5 Å². The van der Waals surface area contributed by atoms with E-state index in [1.165, 1.54) is 25.0 Å². The minimum Gasteiger partial charge on any atom is -0.372 e. The smallest absolute Gasteiger partial charge is 0.214 e. The topological polar surface area (TPSA) is 100 Å². The molecule has 15 heavy (non-hydrogen) atoms. The van der Waals surface area contributed by atoms with E-state index in [1.807, 2.05) is 0 Å². The molecule has 0 amide bonds. The molecule has 0 aliphatic rings. The first-order valence-corrected chi connectivity index (χ1v) is 5.87. The fourth-order valence-electron chi connectivity index (χ4n) is 1.24. The Morgan fingerprint density at radius 2 is 2.20 bits per heavy atom. The van der Waals surface area contributed by atoms with E-state index in [0.717, 1.165) is 0 Å². The third-order valence-corrected chi connectivity index (χ3v) is 3.48. The van der Waals surface area contributed by atoms with Gasteiger partial charge in [0.1, 0.15) is 17.7 Å². The Bertz CT molecular complexity index is 427. The minimum atomic E-state index is -3.66. The van der Waals surface area contributed by atoms with Crippen molar-refractivity contribution in [3.8, 4) is 0 Å². The molecule has 0 saturated heterocycles. The molecule has 2 atom stereocenters. The zero-order chi connectivity index (χ0) is 11.6. The summed E-state index contributed by atoms with van der Waals surface area (Å²) in [6.07, 6.45) is 0.615. The molecule has 1 aromatic heterocycles. The quantitative estimate of drug-likeness (QED) is 0.733. The fraction of sp³-hybridized carbons (Fsp3) is 0.714. The number of hydrogen-bond acceptors (Lipinski definition) is 5. The normalized spacial score (nSPS) is 16.3. The van der Waals surface area contributed by atoms with Crippen LogP contribution >= 0.6 is 0 Å². The third-order valence-electron chi connectivity index (χ3n) is 2.20. The predicted molar refractivity (Wildman–Crippen MR) is 53.3 cm³/mol. The zero-order valence-electron chi connectivity index (χ0n) is 8.78. The van der Waals surface area contributed by atoms with Gasteiger partial charge in [0.2, 0.25) is 10.0 Å². The van der Waals surface area contributed by atoms with Crippen molar-refractivity contribution in [3.05, 3.63) is 12.2 Å². The van der Waals surface area contributed by atoms with Crippen molar-refractivity contribution >= 4 is 10.0 Å². The summed E-state index contributed by atoms with van der Waals surface area (Å²) in [6.45, 7) is 1.47. The molecular formula is C7H14N4O3S. The summed E-state index contributed by atoms with van der Waals surface area (Å²) < 4.78 is 28.9. The second-order valence-corrected chi connectivity index (χ2v) is 5.11. The molecule has 0 radical (unpaired) electrons. The van der Waals surface area contributed by atoms with Crippen LogP contribution in [0, 0.1) is 0 Å². The van der Waals surface area contributed by atoms with Crippen LogP contribution in [0.4, 0.5) is 0 Å². The van der Waals surface area contributed by atoms with Gasteiger partial charge in [-0.1, -0.05) is 0 Å². The Kier molecular flexibility index (Phi) is 3.42. The first-order valence-electron chi connectivity index (χ1n) is 4.26.